The third-order valence-corrected chi connectivity index (χ3v) is 10.1. The van der Waals surface area contributed by atoms with Crippen molar-refractivity contribution in [3.05, 3.63) is 58.7 Å². The molecule has 0 amide bonds. The van der Waals surface area contributed by atoms with Crippen LogP contribution < -0.4 is 4.74 Å². The van der Waals surface area contributed by atoms with Crippen molar-refractivity contribution < 1.29 is 19.4 Å². The van der Waals surface area contributed by atoms with Gasteiger partial charge in [-0.05, 0) is 91.2 Å². The van der Waals surface area contributed by atoms with Gasteiger partial charge in [-0.1, -0.05) is 29.8 Å². The quantitative estimate of drug-likeness (QED) is 0.386. The van der Waals surface area contributed by atoms with Crippen molar-refractivity contribution in [2.45, 2.75) is 61.3 Å². The van der Waals surface area contributed by atoms with Crippen LogP contribution in [-0.2, 0) is 10.7 Å². The Labute approximate surface area is 194 Å². The van der Waals surface area contributed by atoms with Crippen LogP contribution in [0.3, 0.4) is 0 Å². The summed E-state index contributed by atoms with van der Waals surface area (Å²) in [6, 6.07) is 10.7. The lowest BCUT2D eigenvalue weighted by Gasteiger charge is -2.48. The van der Waals surface area contributed by atoms with Crippen molar-refractivity contribution >= 4 is 38.8 Å². The van der Waals surface area contributed by atoms with Gasteiger partial charge in [0.05, 0.1) is 5.56 Å². The van der Waals surface area contributed by atoms with Crippen LogP contribution in [0.25, 0.3) is 0 Å². The Kier molecular flexibility index (Phi) is 4.66. The topological polar surface area (TPSA) is 63.6 Å². The molecule has 2 aliphatic carbocycles. The van der Waals surface area contributed by atoms with E-state index in [1.165, 1.54) is 19.3 Å². The van der Waals surface area contributed by atoms with Gasteiger partial charge in [-0.25, -0.2) is 4.79 Å². The molecule has 31 heavy (non-hydrogen) atoms. The molecule has 2 saturated carbocycles. The third kappa shape index (κ3) is 2.73. The van der Waals surface area contributed by atoms with Crippen LogP contribution >= 0.6 is 27.7 Å². The first-order valence-electron chi connectivity index (χ1n) is 10.6. The molecule has 2 aromatic rings. The maximum atomic E-state index is 13.2. The van der Waals surface area contributed by atoms with Crippen LogP contribution in [0.1, 0.15) is 71.9 Å². The zero-order valence-corrected chi connectivity index (χ0v) is 20.2. The summed E-state index contributed by atoms with van der Waals surface area (Å²) in [5.41, 5.74) is 2.69. The van der Waals surface area contributed by atoms with E-state index in [0.717, 1.165) is 33.5 Å². The smallest absolute Gasteiger partial charge is 0.335 e. The van der Waals surface area contributed by atoms with Gasteiger partial charge in [0.2, 0.25) is 5.12 Å². The molecule has 162 valence electrons. The third-order valence-electron chi connectivity index (χ3n) is 8.45. The molecule has 3 aliphatic rings. The number of alkyl halides is 1. The van der Waals surface area contributed by atoms with Gasteiger partial charge < -0.3 is 9.84 Å². The maximum Gasteiger partial charge on any atom is 0.335 e. The van der Waals surface area contributed by atoms with Gasteiger partial charge in [-0.2, -0.15) is 0 Å². The highest BCUT2D eigenvalue weighted by Gasteiger charge is 2.73. The maximum absolute atomic E-state index is 13.2. The first-order valence-corrected chi connectivity index (χ1v) is 12.5. The lowest BCUT2D eigenvalue weighted by Crippen LogP contribution is -2.54. The van der Waals surface area contributed by atoms with Gasteiger partial charge >= 0.3 is 5.97 Å². The molecular formula is C25H25BrO4S. The van der Waals surface area contributed by atoms with Gasteiger partial charge in [0.25, 0.3) is 0 Å². The molecule has 1 aliphatic heterocycles. The summed E-state index contributed by atoms with van der Waals surface area (Å²) in [6.45, 7) is 6.96. The van der Waals surface area contributed by atoms with Gasteiger partial charge in [0.15, 0.2) is 0 Å². The Morgan fingerprint density at radius 1 is 1.16 bits per heavy atom. The number of thioether (sulfide) groups is 1. The van der Waals surface area contributed by atoms with Crippen molar-refractivity contribution in [2.24, 2.45) is 11.3 Å². The predicted octanol–water partition coefficient (Wildman–Crippen LogP) is 6.44. The molecule has 0 saturated heterocycles. The van der Waals surface area contributed by atoms with E-state index in [1.807, 2.05) is 18.2 Å². The predicted molar refractivity (Wildman–Crippen MR) is 124 cm³/mol. The van der Waals surface area contributed by atoms with Crippen LogP contribution in [0.15, 0.2) is 41.3 Å². The number of fused-ring (bicyclic) bond motifs is 7. The second-order valence-electron chi connectivity index (χ2n) is 9.70. The molecule has 2 bridgehead atoms. The molecule has 1 heterocycles. The zero-order chi connectivity index (χ0) is 22.2. The molecule has 4 unspecified atom stereocenters. The highest BCUT2D eigenvalue weighted by molar-refractivity contribution is 9.08. The fourth-order valence-corrected chi connectivity index (χ4v) is 7.88. The van der Waals surface area contributed by atoms with Crippen molar-refractivity contribution in [3.8, 4) is 5.75 Å². The minimum absolute atomic E-state index is 0.0430. The molecule has 4 nitrogen and oxygen atoms in total. The monoisotopic (exact) mass is 500 g/mol. The number of benzene rings is 2. The first-order chi connectivity index (χ1) is 14.6. The first kappa shape index (κ1) is 21.1. The van der Waals surface area contributed by atoms with Crippen molar-refractivity contribution in [1.29, 1.82) is 0 Å². The molecule has 1 N–H and O–H groups in total. The second-order valence-corrected chi connectivity index (χ2v) is 11.3. The normalized spacial score (nSPS) is 32.5. The molecule has 5 rings (SSSR count). The summed E-state index contributed by atoms with van der Waals surface area (Å²) < 4.78 is 6.57. The summed E-state index contributed by atoms with van der Waals surface area (Å²) in [7, 11) is 0. The van der Waals surface area contributed by atoms with E-state index >= 15 is 0 Å². The molecule has 2 fully saturated rings. The van der Waals surface area contributed by atoms with Gasteiger partial charge in [0.1, 0.15) is 11.4 Å². The number of carboxylic acids is 1. The van der Waals surface area contributed by atoms with Crippen molar-refractivity contribution in [3.63, 3.8) is 0 Å². The van der Waals surface area contributed by atoms with Crippen molar-refractivity contribution in [1.82, 2.24) is 0 Å². The Hall–Kier alpha value is -1.79. The minimum Gasteiger partial charge on any atom is -0.486 e. The molecule has 0 spiro atoms. The van der Waals surface area contributed by atoms with Crippen LogP contribution in [-0.4, -0.2) is 21.8 Å². The summed E-state index contributed by atoms with van der Waals surface area (Å²) >= 11 is 4.56. The Morgan fingerprint density at radius 3 is 2.61 bits per heavy atom. The Balaban J connectivity index is 1.48. The van der Waals surface area contributed by atoms with E-state index in [9.17, 15) is 14.7 Å². The zero-order valence-electron chi connectivity index (χ0n) is 17.8. The lowest BCUT2D eigenvalue weighted by molar-refractivity contribution is -0.0260. The van der Waals surface area contributed by atoms with E-state index in [0.29, 0.717) is 16.8 Å². The largest absolute Gasteiger partial charge is 0.486 e. The molecule has 6 heteroatoms. The Bertz CT molecular complexity index is 1130. The summed E-state index contributed by atoms with van der Waals surface area (Å²) in [5.74, 6) is 0.494. The van der Waals surface area contributed by atoms with E-state index in [-0.39, 0.29) is 27.1 Å². The second kappa shape index (κ2) is 6.85. The Morgan fingerprint density at radius 2 is 1.90 bits per heavy atom. The van der Waals surface area contributed by atoms with Crippen LogP contribution in [0.4, 0.5) is 0 Å². The number of hydrogen-bond donors (Lipinski definition) is 1. The SMILES string of the molecule is CC12CCC(C1)C1(C)Oc3ccc(C(=O)Sc4ccc(C(=O)O)cc4CBr)cc3C21C. The number of carboxylic acid groups (broad SMARTS) is 1. The van der Waals surface area contributed by atoms with Gasteiger partial charge in [0, 0.05) is 26.8 Å². The lowest BCUT2D eigenvalue weighted by atomic mass is 9.56. The summed E-state index contributed by atoms with van der Waals surface area (Å²) in [5, 5.41) is 9.67. The van der Waals surface area contributed by atoms with Gasteiger partial charge in [-0.15, -0.1) is 0 Å². The standard InChI is InChI=1S/C25H25BrO4S/c1-23-9-8-17(12-23)25(3)24(23,2)18-11-15(4-6-19(18)30-25)22(29)31-20-7-5-14(21(27)28)10-16(20)13-26/h4-7,10-11,17H,8-9,12-13H2,1-3H3,(H,27,28). The van der Waals surface area contributed by atoms with E-state index in [4.69, 9.17) is 4.74 Å². The molecule has 2 aromatic carbocycles. The average molecular weight is 501 g/mol. The summed E-state index contributed by atoms with van der Waals surface area (Å²) in [4.78, 5) is 25.2. The van der Waals surface area contributed by atoms with Crippen LogP contribution in [0, 0.1) is 11.3 Å². The van der Waals surface area contributed by atoms with Crippen molar-refractivity contribution in [2.75, 3.05) is 0 Å². The number of carbonyl (C=O) groups excluding carboxylic acids is 1. The van der Waals surface area contributed by atoms with E-state index in [2.05, 4.69) is 36.7 Å². The van der Waals surface area contributed by atoms with Crippen LogP contribution in [0.2, 0.25) is 0 Å². The number of ether oxygens (including phenoxy) is 1. The minimum atomic E-state index is -0.973. The highest BCUT2D eigenvalue weighted by atomic mass is 79.9. The van der Waals surface area contributed by atoms with E-state index < -0.39 is 5.97 Å². The summed E-state index contributed by atoms with van der Waals surface area (Å²) in [6.07, 6.45) is 3.58. The van der Waals surface area contributed by atoms with Gasteiger partial charge in [-0.3, -0.25) is 4.79 Å². The fraction of sp³-hybridized carbons (Fsp3) is 0.440. The van der Waals surface area contributed by atoms with Crippen LogP contribution in [0.5, 0.6) is 5.75 Å². The number of rotatable bonds is 4. The number of aromatic carboxylic acids is 1. The fourth-order valence-electron chi connectivity index (χ4n) is 6.39. The number of carbonyl (C=O) groups is 2. The molecular weight excluding hydrogens is 476 g/mol. The highest BCUT2D eigenvalue weighted by Crippen LogP contribution is 2.73. The molecule has 0 aromatic heterocycles. The number of hydrogen-bond acceptors (Lipinski definition) is 4. The number of halogens is 1. The average Bonchev–Trinajstić information content (AvgIpc) is 3.31. The van der Waals surface area contributed by atoms with E-state index in [1.54, 1.807) is 18.2 Å². The molecule has 0 radical (unpaired) electrons. The molecule has 4 atom stereocenters.